The molecule has 2 aromatic heterocycles. The Kier molecular flexibility index (Phi) is 5.93. The fraction of sp³-hybridized carbons (Fsp3) is 0.654. The maximum Gasteiger partial charge on any atom is 0.410 e. The minimum Gasteiger partial charge on any atom is -0.444 e. The van der Waals surface area contributed by atoms with E-state index in [9.17, 15) is 9.90 Å². The predicted molar refractivity (Wildman–Crippen MR) is 126 cm³/mol. The quantitative estimate of drug-likeness (QED) is 0.699. The smallest absolute Gasteiger partial charge is 0.410 e. The average Bonchev–Trinajstić information content (AvgIpc) is 3.51. The summed E-state index contributed by atoms with van der Waals surface area (Å²) < 4.78 is 7.77. The van der Waals surface area contributed by atoms with Gasteiger partial charge in [-0.3, -0.25) is 9.67 Å². The average molecular weight is 453 g/mol. The summed E-state index contributed by atoms with van der Waals surface area (Å²) in [6.45, 7) is 7.38. The highest BCUT2D eigenvalue weighted by molar-refractivity contribution is 5.69. The molecule has 178 valence electrons. The van der Waals surface area contributed by atoms with Crippen LogP contribution in [-0.2, 0) is 4.74 Å². The molecule has 3 fully saturated rings. The fourth-order valence-corrected chi connectivity index (χ4v) is 5.19. The van der Waals surface area contributed by atoms with Gasteiger partial charge in [0.2, 0.25) is 0 Å². The molecule has 0 bridgehead atoms. The molecule has 1 N–H and O–H groups in total. The largest absolute Gasteiger partial charge is 0.444 e. The van der Waals surface area contributed by atoms with Gasteiger partial charge in [-0.15, -0.1) is 0 Å². The van der Waals surface area contributed by atoms with Gasteiger partial charge in [0.1, 0.15) is 5.60 Å². The van der Waals surface area contributed by atoms with E-state index in [0.717, 1.165) is 43.5 Å². The van der Waals surface area contributed by atoms with E-state index in [1.807, 2.05) is 37.9 Å². The van der Waals surface area contributed by atoms with E-state index in [2.05, 4.69) is 16.9 Å². The molecule has 3 heterocycles. The summed E-state index contributed by atoms with van der Waals surface area (Å²) in [6.07, 6.45) is 10.2. The summed E-state index contributed by atoms with van der Waals surface area (Å²) in [7, 11) is 0. The van der Waals surface area contributed by atoms with Gasteiger partial charge in [0, 0.05) is 49.5 Å². The van der Waals surface area contributed by atoms with E-state index >= 15 is 0 Å². The van der Waals surface area contributed by atoms with E-state index in [0.29, 0.717) is 24.4 Å². The lowest BCUT2D eigenvalue weighted by molar-refractivity contribution is 0.0198. The number of carbonyl (C=O) groups is 1. The Morgan fingerprint density at radius 2 is 2.00 bits per heavy atom. The van der Waals surface area contributed by atoms with Crippen molar-refractivity contribution in [3.8, 4) is 11.3 Å². The molecule has 7 heteroatoms. The van der Waals surface area contributed by atoms with E-state index in [-0.39, 0.29) is 18.6 Å². The van der Waals surface area contributed by atoms with Gasteiger partial charge in [-0.2, -0.15) is 5.10 Å². The maximum atomic E-state index is 12.7. The fourth-order valence-electron chi connectivity index (χ4n) is 5.19. The van der Waals surface area contributed by atoms with Gasteiger partial charge in [-0.25, -0.2) is 4.79 Å². The Bertz CT molecular complexity index is 1000. The van der Waals surface area contributed by atoms with Crippen LogP contribution in [-0.4, -0.2) is 56.2 Å². The topological polar surface area (TPSA) is 80.5 Å². The lowest BCUT2D eigenvalue weighted by Crippen LogP contribution is -2.42. The monoisotopic (exact) mass is 452 g/mol. The second kappa shape index (κ2) is 8.75. The minimum atomic E-state index is -0.492. The van der Waals surface area contributed by atoms with Gasteiger partial charge >= 0.3 is 6.09 Å². The number of carbonyl (C=O) groups excluding carboxylic acids is 1. The SMILES string of the molecule is CC(C)(C)OC(=O)N1CCCC(c2cccnc2-c2cn(C3CC(CO)C3)nc2C2CC2)C1. The third-order valence-corrected chi connectivity index (χ3v) is 7.17. The van der Waals surface area contributed by atoms with Crippen molar-refractivity contribution in [1.29, 1.82) is 0 Å². The van der Waals surface area contributed by atoms with Crippen LogP contribution in [0.1, 0.15) is 88.4 Å². The number of likely N-dealkylation sites (tertiary alicyclic amines) is 1. The van der Waals surface area contributed by atoms with Crippen LogP contribution in [0.5, 0.6) is 0 Å². The zero-order chi connectivity index (χ0) is 23.2. The van der Waals surface area contributed by atoms with Crippen molar-refractivity contribution in [2.24, 2.45) is 5.92 Å². The first-order valence-electron chi connectivity index (χ1n) is 12.5. The second-order valence-corrected chi connectivity index (χ2v) is 11.1. The Morgan fingerprint density at radius 3 is 2.70 bits per heavy atom. The van der Waals surface area contributed by atoms with Crippen molar-refractivity contribution < 1.29 is 14.6 Å². The summed E-state index contributed by atoms with van der Waals surface area (Å²) in [5.41, 5.74) is 4.04. The highest BCUT2D eigenvalue weighted by atomic mass is 16.6. The summed E-state index contributed by atoms with van der Waals surface area (Å²) in [6, 6.07) is 4.55. The Balaban J connectivity index is 1.41. The molecular formula is C26H36N4O3. The molecular weight excluding hydrogens is 416 g/mol. The number of aliphatic hydroxyl groups excluding tert-OH is 1. The van der Waals surface area contributed by atoms with Crippen molar-refractivity contribution in [3.63, 3.8) is 0 Å². The summed E-state index contributed by atoms with van der Waals surface area (Å²) in [4.78, 5) is 19.4. The molecule has 1 saturated heterocycles. The number of piperidine rings is 1. The first-order chi connectivity index (χ1) is 15.8. The number of aliphatic hydroxyl groups is 1. The molecule has 2 aliphatic carbocycles. The van der Waals surface area contributed by atoms with Crippen molar-refractivity contribution >= 4 is 6.09 Å². The Hall–Kier alpha value is -2.41. The minimum absolute atomic E-state index is 0.229. The summed E-state index contributed by atoms with van der Waals surface area (Å²) >= 11 is 0. The van der Waals surface area contributed by atoms with Crippen LogP contribution < -0.4 is 0 Å². The second-order valence-electron chi connectivity index (χ2n) is 11.1. The molecule has 1 aliphatic heterocycles. The third-order valence-electron chi connectivity index (χ3n) is 7.17. The number of rotatable bonds is 5. The van der Waals surface area contributed by atoms with Crippen LogP contribution in [0, 0.1) is 5.92 Å². The molecule has 7 nitrogen and oxygen atoms in total. The van der Waals surface area contributed by atoms with Crippen LogP contribution in [0.25, 0.3) is 11.3 Å². The van der Waals surface area contributed by atoms with E-state index < -0.39 is 5.60 Å². The predicted octanol–water partition coefficient (Wildman–Crippen LogP) is 4.88. The standard InChI is InChI=1S/C26H36N4O3/c1-26(2,3)33-25(32)29-11-5-6-19(14-29)21-7-4-10-27-24(21)22-15-30(20-12-17(13-20)16-31)28-23(22)18-8-9-18/h4,7,10,15,17-20,31H,5-6,8-9,11-14,16H2,1-3H3. The number of pyridine rings is 1. The zero-order valence-corrected chi connectivity index (χ0v) is 20.0. The van der Waals surface area contributed by atoms with Gasteiger partial charge in [-0.1, -0.05) is 6.07 Å². The zero-order valence-electron chi connectivity index (χ0n) is 20.0. The summed E-state index contributed by atoms with van der Waals surface area (Å²) in [5, 5.41) is 14.4. The molecule has 1 atom stereocenters. The van der Waals surface area contributed by atoms with Crippen molar-refractivity contribution in [1.82, 2.24) is 19.7 Å². The number of aromatic nitrogens is 3. The highest BCUT2D eigenvalue weighted by Gasteiger charge is 2.36. The van der Waals surface area contributed by atoms with Gasteiger partial charge < -0.3 is 14.7 Å². The van der Waals surface area contributed by atoms with Crippen LogP contribution >= 0.6 is 0 Å². The van der Waals surface area contributed by atoms with Crippen molar-refractivity contribution in [2.45, 2.75) is 82.8 Å². The molecule has 0 aromatic carbocycles. The number of hydrogen-bond donors (Lipinski definition) is 1. The normalized spacial score (nSPS) is 25.6. The maximum absolute atomic E-state index is 12.7. The molecule has 2 aromatic rings. The van der Waals surface area contributed by atoms with Gasteiger partial charge in [-0.05, 0) is 76.8 Å². The van der Waals surface area contributed by atoms with Crippen LogP contribution in [0.4, 0.5) is 4.79 Å². The molecule has 5 rings (SSSR count). The van der Waals surface area contributed by atoms with Gasteiger partial charge in [0.15, 0.2) is 0 Å². The van der Waals surface area contributed by atoms with E-state index in [4.69, 9.17) is 14.8 Å². The number of amides is 1. The molecule has 33 heavy (non-hydrogen) atoms. The van der Waals surface area contributed by atoms with Crippen molar-refractivity contribution in [2.75, 3.05) is 19.7 Å². The van der Waals surface area contributed by atoms with Gasteiger partial charge in [0.05, 0.1) is 17.4 Å². The van der Waals surface area contributed by atoms with Crippen LogP contribution in [0.2, 0.25) is 0 Å². The first kappa shape index (κ1) is 22.4. The molecule has 3 aliphatic rings. The van der Waals surface area contributed by atoms with Gasteiger partial charge in [0.25, 0.3) is 0 Å². The molecule has 1 unspecified atom stereocenters. The number of hydrogen-bond acceptors (Lipinski definition) is 5. The third kappa shape index (κ3) is 4.79. The Labute approximate surface area is 196 Å². The highest BCUT2D eigenvalue weighted by Crippen LogP contribution is 2.46. The van der Waals surface area contributed by atoms with Crippen LogP contribution in [0.15, 0.2) is 24.5 Å². The Morgan fingerprint density at radius 1 is 1.21 bits per heavy atom. The summed E-state index contributed by atoms with van der Waals surface area (Å²) in [5.74, 6) is 1.15. The molecule has 2 saturated carbocycles. The number of ether oxygens (including phenoxy) is 1. The van der Waals surface area contributed by atoms with Crippen LogP contribution in [0.3, 0.4) is 0 Å². The molecule has 0 spiro atoms. The lowest BCUT2D eigenvalue weighted by Gasteiger charge is -2.34. The molecule has 1 amide bonds. The molecule has 0 radical (unpaired) electrons. The number of nitrogens with zero attached hydrogens (tertiary/aromatic N) is 4. The van der Waals surface area contributed by atoms with E-state index in [1.54, 1.807) is 0 Å². The first-order valence-corrected chi connectivity index (χ1v) is 12.5. The lowest BCUT2D eigenvalue weighted by atomic mass is 9.81. The van der Waals surface area contributed by atoms with E-state index in [1.165, 1.54) is 24.1 Å². The van der Waals surface area contributed by atoms with Crippen molar-refractivity contribution in [3.05, 3.63) is 35.8 Å².